The van der Waals surface area contributed by atoms with E-state index < -0.39 is 11.8 Å². The van der Waals surface area contributed by atoms with Crippen molar-refractivity contribution < 1.29 is 19.4 Å². The lowest BCUT2D eigenvalue weighted by molar-refractivity contribution is 0.0693. The summed E-state index contributed by atoms with van der Waals surface area (Å²) >= 11 is 0. The Morgan fingerprint density at radius 1 is 1.10 bits per heavy atom. The third-order valence-electron chi connectivity index (χ3n) is 2.89. The van der Waals surface area contributed by atoms with Crippen molar-refractivity contribution in [3.63, 3.8) is 0 Å². The number of rotatable bonds is 4. The second kappa shape index (κ2) is 5.44. The molecule has 2 aromatic carbocycles. The number of ketones is 1. The fraction of sp³-hybridized carbons (Fsp3) is 0.0667. The molecule has 0 amide bonds. The van der Waals surface area contributed by atoms with Crippen LogP contribution < -0.4 is 10.5 Å². The standard InChI is InChI=1S/C15H13NO4/c1-20-13-7-6-9(8-12(13)16)14(17)10-4-2-3-5-11(10)15(18)19/h2-8H,16H2,1H3,(H,18,19). The van der Waals surface area contributed by atoms with Crippen molar-refractivity contribution >= 4 is 17.4 Å². The van der Waals surface area contributed by atoms with Gasteiger partial charge in [0.25, 0.3) is 0 Å². The van der Waals surface area contributed by atoms with Gasteiger partial charge in [-0.05, 0) is 24.3 Å². The summed E-state index contributed by atoms with van der Waals surface area (Å²) in [7, 11) is 1.48. The molecule has 0 atom stereocenters. The summed E-state index contributed by atoms with van der Waals surface area (Å²) < 4.78 is 5.02. The van der Waals surface area contributed by atoms with E-state index >= 15 is 0 Å². The van der Waals surface area contributed by atoms with Crippen LogP contribution in [0.25, 0.3) is 0 Å². The number of nitrogens with two attached hydrogens (primary N) is 1. The number of carbonyl (C=O) groups excluding carboxylic acids is 1. The Morgan fingerprint density at radius 3 is 2.30 bits per heavy atom. The van der Waals surface area contributed by atoms with Crippen molar-refractivity contribution in [2.45, 2.75) is 0 Å². The zero-order valence-corrected chi connectivity index (χ0v) is 10.8. The Bertz CT molecular complexity index is 679. The quantitative estimate of drug-likeness (QED) is 0.657. The van der Waals surface area contributed by atoms with E-state index in [-0.39, 0.29) is 11.1 Å². The minimum absolute atomic E-state index is 0.0353. The highest BCUT2D eigenvalue weighted by Crippen LogP contribution is 2.24. The van der Waals surface area contributed by atoms with Gasteiger partial charge < -0.3 is 15.6 Å². The molecule has 2 aromatic rings. The molecule has 20 heavy (non-hydrogen) atoms. The van der Waals surface area contributed by atoms with Crippen LogP contribution in [0.5, 0.6) is 5.75 Å². The molecule has 0 heterocycles. The Labute approximate surface area is 115 Å². The van der Waals surface area contributed by atoms with Gasteiger partial charge in [-0.25, -0.2) is 4.79 Å². The van der Waals surface area contributed by atoms with Crippen molar-refractivity contribution in [2.75, 3.05) is 12.8 Å². The number of hydrogen-bond donors (Lipinski definition) is 2. The lowest BCUT2D eigenvalue weighted by Crippen LogP contribution is -2.10. The first kappa shape index (κ1) is 13.6. The number of anilines is 1. The predicted molar refractivity (Wildman–Crippen MR) is 74.2 cm³/mol. The molecule has 0 bridgehead atoms. The van der Waals surface area contributed by atoms with Crippen LogP contribution in [0.3, 0.4) is 0 Å². The van der Waals surface area contributed by atoms with Crippen molar-refractivity contribution in [2.24, 2.45) is 0 Å². The molecule has 102 valence electrons. The summed E-state index contributed by atoms with van der Waals surface area (Å²) in [6.07, 6.45) is 0. The highest BCUT2D eigenvalue weighted by molar-refractivity contribution is 6.14. The van der Waals surface area contributed by atoms with Crippen LogP contribution in [0.15, 0.2) is 42.5 Å². The molecule has 0 unspecified atom stereocenters. The first-order valence-electron chi connectivity index (χ1n) is 5.85. The highest BCUT2D eigenvalue weighted by Gasteiger charge is 2.18. The summed E-state index contributed by atoms with van der Waals surface area (Å²) in [4.78, 5) is 23.5. The molecule has 0 fully saturated rings. The average Bonchev–Trinajstić information content (AvgIpc) is 2.46. The van der Waals surface area contributed by atoms with Gasteiger partial charge in [-0.15, -0.1) is 0 Å². The van der Waals surface area contributed by atoms with Crippen LogP contribution in [0, 0.1) is 0 Å². The van der Waals surface area contributed by atoms with E-state index in [1.807, 2.05) is 0 Å². The van der Waals surface area contributed by atoms with Gasteiger partial charge in [-0.1, -0.05) is 18.2 Å². The van der Waals surface area contributed by atoms with E-state index in [1.54, 1.807) is 24.3 Å². The number of aromatic carboxylic acids is 1. The first-order valence-corrected chi connectivity index (χ1v) is 5.85. The highest BCUT2D eigenvalue weighted by atomic mass is 16.5. The van der Waals surface area contributed by atoms with Gasteiger partial charge >= 0.3 is 5.97 Å². The molecular formula is C15H13NO4. The van der Waals surface area contributed by atoms with Gasteiger partial charge in [-0.2, -0.15) is 0 Å². The summed E-state index contributed by atoms with van der Waals surface area (Å²) in [5, 5.41) is 9.10. The molecule has 0 radical (unpaired) electrons. The maximum absolute atomic E-state index is 12.4. The number of ether oxygens (including phenoxy) is 1. The molecule has 0 saturated heterocycles. The van der Waals surface area contributed by atoms with E-state index in [0.717, 1.165) is 0 Å². The number of carboxylic acids is 1. The van der Waals surface area contributed by atoms with E-state index in [4.69, 9.17) is 15.6 Å². The van der Waals surface area contributed by atoms with Gasteiger partial charge in [0, 0.05) is 11.1 Å². The maximum atomic E-state index is 12.4. The van der Waals surface area contributed by atoms with Crippen LogP contribution in [0.4, 0.5) is 5.69 Å². The number of carboxylic acid groups (broad SMARTS) is 1. The molecule has 5 heteroatoms. The van der Waals surface area contributed by atoms with Crippen molar-refractivity contribution in [1.29, 1.82) is 0 Å². The van der Waals surface area contributed by atoms with Crippen LogP contribution in [0.1, 0.15) is 26.3 Å². The molecule has 0 aliphatic rings. The third-order valence-corrected chi connectivity index (χ3v) is 2.89. The van der Waals surface area contributed by atoms with Crippen LogP contribution in [-0.4, -0.2) is 24.0 Å². The van der Waals surface area contributed by atoms with Gasteiger partial charge in [0.05, 0.1) is 18.4 Å². The number of carbonyl (C=O) groups is 2. The third kappa shape index (κ3) is 2.47. The lowest BCUT2D eigenvalue weighted by Gasteiger charge is -2.08. The first-order chi connectivity index (χ1) is 9.54. The minimum Gasteiger partial charge on any atom is -0.495 e. The molecule has 3 N–H and O–H groups in total. The molecule has 0 aliphatic carbocycles. The maximum Gasteiger partial charge on any atom is 0.336 e. The number of methoxy groups -OCH3 is 1. The van der Waals surface area contributed by atoms with E-state index in [1.165, 1.54) is 25.3 Å². The zero-order valence-electron chi connectivity index (χ0n) is 10.8. The molecule has 0 saturated carbocycles. The number of nitrogen functional groups attached to an aromatic ring is 1. The Kier molecular flexibility index (Phi) is 3.70. The second-order valence-electron chi connectivity index (χ2n) is 4.14. The molecule has 2 rings (SSSR count). The molecule has 0 aliphatic heterocycles. The van der Waals surface area contributed by atoms with Crippen molar-refractivity contribution in [1.82, 2.24) is 0 Å². The molecular weight excluding hydrogens is 258 g/mol. The lowest BCUT2D eigenvalue weighted by atomic mass is 9.98. The molecule has 5 nitrogen and oxygen atoms in total. The normalized spacial score (nSPS) is 10.1. The Morgan fingerprint density at radius 2 is 1.75 bits per heavy atom. The van der Waals surface area contributed by atoms with Gasteiger partial charge in [0.1, 0.15) is 5.75 Å². The summed E-state index contributed by atoms with van der Waals surface area (Å²) in [5.74, 6) is -1.07. The smallest absolute Gasteiger partial charge is 0.336 e. The van der Waals surface area contributed by atoms with Crippen LogP contribution in [0.2, 0.25) is 0 Å². The predicted octanol–water partition coefficient (Wildman–Crippen LogP) is 2.21. The topological polar surface area (TPSA) is 89.6 Å². The Balaban J connectivity index is 2.47. The largest absolute Gasteiger partial charge is 0.495 e. The van der Waals surface area contributed by atoms with Crippen LogP contribution in [-0.2, 0) is 0 Å². The Hall–Kier alpha value is -2.82. The summed E-state index contributed by atoms with van der Waals surface area (Å²) in [6.45, 7) is 0. The second-order valence-corrected chi connectivity index (χ2v) is 4.14. The monoisotopic (exact) mass is 271 g/mol. The average molecular weight is 271 g/mol. The molecule has 0 spiro atoms. The fourth-order valence-electron chi connectivity index (χ4n) is 1.90. The van der Waals surface area contributed by atoms with Crippen LogP contribution >= 0.6 is 0 Å². The van der Waals surface area contributed by atoms with Crippen molar-refractivity contribution in [3.8, 4) is 5.75 Å². The van der Waals surface area contributed by atoms with E-state index in [2.05, 4.69) is 0 Å². The summed E-state index contributed by atoms with van der Waals surface area (Å²) in [6, 6.07) is 10.7. The SMILES string of the molecule is COc1ccc(C(=O)c2ccccc2C(=O)O)cc1N. The summed E-state index contributed by atoms with van der Waals surface area (Å²) in [5.41, 5.74) is 6.49. The zero-order chi connectivity index (χ0) is 14.7. The number of benzene rings is 2. The minimum atomic E-state index is -1.14. The van der Waals surface area contributed by atoms with E-state index in [9.17, 15) is 9.59 Å². The van der Waals surface area contributed by atoms with Gasteiger partial charge in [0.15, 0.2) is 5.78 Å². The molecule has 0 aromatic heterocycles. The fourth-order valence-corrected chi connectivity index (χ4v) is 1.90. The van der Waals surface area contributed by atoms with Gasteiger partial charge in [-0.3, -0.25) is 4.79 Å². The number of hydrogen-bond acceptors (Lipinski definition) is 4. The van der Waals surface area contributed by atoms with Gasteiger partial charge in [0.2, 0.25) is 0 Å². The van der Waals surface area contributed by atoms with E-state index in [0.29, 0.717) is 17.0 Å². The van der Waals surface area contributed by atoms with Crippen molar-refractivity contribution in [3.05, 3.63) is 59.2 Å².